The lowest BCUT2D eigenvalue weighted by Crippen LogP contribution is -2.11. The molecule has 0 saturated carbocycles. The van der Waals surface area contributed by atoms with E-state index in [0.717, 1.165) is 35.0 Å². The lowest BCUT2D eigenvalue weighted by molar-refractivity contribution is 1.08. The predicted molar refractivity (Wildman–Crippen MR) is 72.4 cm³/mol. The monoisotopic (exact) mass is 227 g/mol. The van der Waals surface area contributed by atoms with E-state index in [4.69, 9.17) is 0 Å². The first-order chi connectivity index (χ1) is 8.24. The molecule has 88 valence electrons. The SMILES string of the molecule is CCC=CCc1[nH]c2ccccc2c(=O)c1C. The lowest BCUT2D eigenvalue weighted by Gasteiger charge is -2.06. The summed E-state index contributed by atoms with van der Waals surface area (Å²) >= 11 is 0. The van der Waals surface area contributed by atoms with Crippen LogP contribution in [0.5, 0.6) is 0 Å². The summed E-state index contributed by atoms with van der Waals surface area (Å²) in [4.78, 5) is 15.5. The zero-order valence-electron chi connectivity index (χ0n) is 10.3. The van der Waals surface area contributed by atoms with Crippen molar-refractivity contribution < 1.29 is 0 Å². The highest BCUT2D eigenvalue weighted by Crippen LogP contribution is 2.11. The maximum atomic E-state index is 12.1. The molecule has 0 bridgehead atoms. The van der Waals surface area contributed by atoms with Crippen LogP contribution in [0.15, 0.2) is 41.2 Å². The highest BCUT2D eigenvalue weighted by molar-refractivity contribution is 5.79. The Hall–Kier alpha value is -1.83. The first-order valence-corrected chi connectivity index (χ1v) is 5.99. The number of hydrogen-bond donors (Lipinski definition) is 1. The van der Waals surface area contributed by atoms with Crippen LogP contribution in [0.1, 0.15) is 24.6 Å². The van der Waals surface area contributed by atoms with Crippen LogP contribution in [-0.2, 0) is 6.42 Å². The topological polar surface area (TPSA) is 32.9 Å². The molecule has 0 amide bonds. The summed E-state index contributed by atoms with van der Waals surface area (Å²) < 4.78 is 0. The Morgan fingerprint density at radius 2 is 2.00 bits per heavy atom. The van der Waals surface area contributed by atoms with E-state index in [0.29, 0.717) is 0 Å². The molecule has 1 heterocycles. The second-order valence-electron chi connectivity index (χ2n) is 4.19. The maximum absolute atomic E-state index is 12.1. The number of hydrogen-bond acceptors (Lipinski definition) is 1. The first-order valence-electron chi connectivity index (χ1n) is 5.99. The lowest BCUT2D eigenvalue weighted by atomic mass is 10.1. The largest absolute Gasteiger partial charge is 0.358 e. The standard InChI is InChI=1S/C15H17NO/c1-3-4-5-9-13-11(2)15(17)12-8-6-7-10-14(12)16-13/h4-8,10H,3,9H2,1-2H3,(H,16,17). The summed E-state index contributed by atoms with van der Waals surface area (Å²) in [6, 6.07) is 7.66. The molecule has 2 rings (SSSR count). The van der Waals surface area contributed by atoms with Crippen molar-refractivity contribution in [3.8, 4) is 0 Å². The van der Waals surface area contributed by atoms with Gasteiger partial charge in [-0.05, 0) is 25.5 Å². The van der Waals surface area contributed by atoms with Crippen LogP contribution in [0, 0.1) is 6.92 Å². The average Bonchev–Trinajstić information content (AvgIpc) is 2.35. The fourth-order valence-electron chi connectivity index (χ4n) is 1.96. The van der Waals surface area contributed by atoms with E-state index in [2.05, 4.69) is 24.1 Å². The molecule has 0 unspecified atom stereocenters. The van der Waals surface area contributed by atoms with Crippen LogP contribution < -0.4 is 5.43 Å². The summed E-state index contributed by atoms with van der Waals surface area (Å²) in [5, 5.41) is 0.772. The fourth-order valence-corrected chi connectivity index (χ4v) is 1.96. The molecule has 0 spiro atoms. The number of para-hydroxylation sites is 1. The van der Waals surface area contributed by atoms with Gasteiger partial charge in [-0.2, -0.15) is 0 Å². The third-order valence-electron chi connectivity index (χ3n) is 2.97. The van der Waals surface area contributed by atoms with Crippen molar-refractivity contribution in [1.29, 1.82) is 0 Å². The number of allylic oxidation sites excluding steroid dienone is 2. The van der Waals surface area contributed by atoms with Gasteiger partial charge in [0.1, 0.15) is 0 Å². The Kier molecular flexibility index (Phi) is 3.43. The van der Waals surface area contributed by atoms with Gasteiger partial charge in [-0.1, -0.05) is 31.2 Å². The zero-order chi connectivity index (χ0) is 12.3. The van der Waals surface area contributed by atoms with E-state index < -0.39 is 0 Å². The van der Waals surface area contributed by atoms with Crippen LogP contribution in [0.2, 0.25) is 0 Å². The Balaban J connectivity index is 2.54. The number of H-pyrrole nitrogens is 1. The number of nitrogens with one attached hydrogen (secondary N) is 1. The molecule has 0 radical (unpaired) electrons. The molecule has 17 heavy (non-hydrogen) atoms. The second-order valence-corrected chi connectivity index (χ2v) is 4.19. The van der Waals surface area contributed by atoms with Crippen LogP contribution in [0.25, 0.3) is 10.9 Å². The number of benzene rings is 1. The minimum absolute atomic E-state index is 0.138. The molecule has 0 atom stereocenters. The summed E-state index contributed by atoms with van der Waals surface area (Å²) in [5.74, 6) is 0. The predicted octanol–water partition coefficient (Wildman–Crippen LogP) is 3.35. The van der Waals surface area contributed by atoms with Gasteiger partial charge >= 0.3 is 0 Å². The normalized spacial score (nSPS) is 11.4. The van der Waals surface area contributed by atoms with Crippen molar-refractivity contribution >= 4 is 10.9 Å². The Morgan fingerprint density at radius 3 is 2.76 bits per heavy atom. The molecular weight excluding hydrogens is 210 g/mol. The molecular formula is C15H17NO. The molecule has 1 N–H and O–H groups in total. The Labute approximate surface area is 101 Å². The van der Waals surface area contributed by atoms with Crippen molar-refractivity contribution in [3.05, 3.63) is 57.9 Å². The molecule has 2 nitrogen and oxygen atoms in total. The molecule has 2 aromatic rings. The molecule has 1 aromatic carbocycles. The fraction of sp³-hybridized carbons (Fsp3) is 0.267. The highest BCUT2D eigenvalue weighted by atomic mass is 16.1. The summed E-state index contributed by atoms with van der Waals surface area (Å²) in [6.07, 6.45) is 6.04. The van der Waals surface area contributed by atoms with Crippen molar-refractivity contribution in [2.75, 3.05) is 0 Å². The van der Waals surface area contributed by atoms with Crippen molar-refractivity contribution in [3.63, 3.8) is 0 Å². The summed E-state index contributed by atoms with van der Waals surface area (Å²) in [6.45, 7) is 3.99. The van der Waals surface area contributed by atoms with E-state index in [-0.39, 0.29) is 5.43 Å². The smallest absolute Gasteiger partial charge is 0.192 e. The van der Waals surface area contributed by atoms with Crippen LogP contribution >= 0.6 is 0 Å². The van der Waals surface area contributed by atoms with E-state index in [9.17, 15) is 4.79 Å². The Morgan fingerprint density at radius 1 is 1.24 bits per heavy atom. The van der Waals surface area contributed by atoms with E-state index in [1.165, 1.54) is 0 Å². The van der Waals surface area contributed by atoms with Gasteiger partial charge in [0.2, 0.25) is 0 Å². The van der Waals surface area contributed by atoms with Gasteiger partial charge in [-0.15, -0.1) is 0 Å². The zero-order valence-corrected chi connectivity index (χ0v) is 10.3. The molecule has 0 aliphatic rings. The molecule has 1 aromatic heterocycles. The third-order valence-corrected chi connectivity index (χ3v) is 2.97. The third kappa shape index (κ3) is 2.31. The van der Waals surface area contributed by atoms with E-state index >= 15 is 0 Å². The highest BCUT2D eigenvalue weighted by Gasteiger charge is 2.05. The quantitative estimate of drug-likeness (QED) is 0.801. The van der Waals surface area contributed by atoms with Gasteiger partial charge in [0, 0.05) is 28.6 Å². The number of aromatic nitrogens is 1. The average molecular weight is 227 g/mol. The van der Waals surface area contributed by atoms with Crippen molar-refractivity contribution in [2.45, 2.75) is 26.7 Å². The number of pyridine rings is 1. The van der Waals surface area contributed by atoms with Gasteiger partial charge in [-0.25, -0.2) is 0 Å². The molecule has 0 fully saturated rings. The number of fused-ring (bicyclic) bond motifs is 1. The van der Waals surface area contributed by atoms with Crippen LogP contribution in [-0.4, -0.2) is 4.98 Å². The summed E-state index contributed by atoms with van der Waals surface area (Å²) in [7, 11) is 0. The molecule has 0 saturated heterocycles. The van der Waals surface area contributed by atoms with Gasteiger partial charge in [0.25, 0.3) is 0 Å². The van der Waals surface area contributed by atoms with Crippen LogP contribution in [0.4, 0.5) is 0 Å². The maximum Gasteiger partial charge on any atom is 0.192 e. The minimum Gasteiger partial charge on any atom is -0.358 e. The molecule has 0 aliphatic heterocycles. The first kappa shape index (κ1) is 11.6. The van der Waals surface area contributed by atoms with Gasteiger partial charge in [0.15, 0.2) is 5.43 Å². The van der Waals surface area contributed by atoms with Gasteiger partial charge in [0.05, 0.1) is 0 Å². The van der Waals surface area contributed by atoms with E-state index in [1.807, 2.05) is 31.2 Å². The minimum atomic E-state index is 0.138. The molecule has 0 aliphatic carbocycles. The van der Waals surface area contributed by atoms with Gasteiger partial charge in [-0.3, -0.25) is 4.79 Å². The van der Waals surface area contributed by atoms with E-state index in [1.54, 1.807) is 0 Å². The Bertz CT molecular complexity index is 608. The van der Waals surface area contributed by atoms with Gasteiger partial charge < -0.3 is 4.98 Å². The number of rotatable bonds is 3. The number of aromatic amines is 1. The van der Waals surface area contributed by atoms with Crippen LogP contribution in [0.3, 0.4) is 0 Å². The second kappa shape index (κ2) is 5.00. The summed E-state index contributed by atoms with van der Waals surface area (Å²) in [5.41, 5.74) is 2.89. The molecule has 2 heteroatoms. The van der Waals surface area contributed by atoms with Crippen molar-refractivity contribution in [2.24, 2.45) is 0 Å². The van der Waals surface area contributed by atoms with Crippen molar-refractivity contribution in [1.82, 2.24) is 4.98 Å².